The van der Waals surface area contributed by atoms with Gasteiger partial charge in [-0.25, -0.2) is 9.97 Å². The summed E-state index contributed by atoms with van der Waals surface area (Å²) in [5, 5.41) is 0.933. The largest absolute Gasteiger partial charge is 0.433 e. The molecule has 0 spiro atoms. The van der Waals surface area contributed by atoms with Crippen molar-refractivity contribution in [1.29, 1.82) is 0 Å². The SMILES string of the molecule is Cc1ccc(-c2cc3c(N4CCN(C(=O)CCc5ccc(C(F)(F)F)nc5)CC4)ncnc3[nH]2)cc1. The summed E-state index contributed by atoms with van der Waals surface area (Å²) in [7, 11) is 0. The quantitative estimate of drug-likeness (QED) is 0.438. The van der Waals surface area contributed by atoms with Gasteiger partial charge in [0.1, 0.15) is 23.5 Å². The van der Waals surface area contributed by atoms with Gasteiger partial charge in [-0.1, -0.05) is 35.9 Å². The van der Waals surface area contributed by atoms with Gasteiger partial charge >= 0.3 is 6.18 Å². The zero-order chi connectivity index (χ0) is 25.3. The Bertz CT molecular complexity index is 1360. The van der Waals surface area contributed by atoms with E-state index >= 15 is 0 Å². The number of piperazine rings is 1. The number of carbonyl (C=O) groups is 1. The first kappa shape index (κ1) is 23.8. The Labute approximate surface area is 206 Å². The Kier molecular flexibility index (Phi) is 6.34. The standard InChI is InChI=1S/C26H25F3N6O/c1-17-2-6-19(7-3-17)21-14-20-24(33-21)31-16-32-25(20)35-12-10-34(11-13-35)23(36)9-5-18-4-8-22(30-15-18)26(27,28)29/h2-4,6-8,14-16H,5,9-13H2,1H3,(H,31,32,33). The molecule has 1 saturated heterocycles. The molecule has 5 rings (SSSR count). The molecule has 1 aliphatic heterocycles. The number of alkyl halides is 3. The molecule has 10 heteroatoms. The monoisotopic (exact) mass is 494 g/mol. The van der Waals surface area contributed by atoms with E-state index in [0.717, 1.165) is 34.2 Å². The number of hydrogen-bond acceptors (Lipinski definition) is 5. The highest BCUT2D eigenvalue weighted by Gasteiger charge is 2.32. The van der Waals surface area contributed by atoms with E-state index in [1.54, 1.807) is 11.2 Å². The minimum absolute atomic E-state index is 0.0225. The number of nitrogens with one attached hydrogen (secondary N) is 1. The number of rotatable bonds is 5. The van der Waals surface area contributed by atoms with E-state index in [1.165, 1.54) is 17.8 Å². The normalized spacial score (nSPS) is 14.4. The van der Waals surface area contributed by atoms with Gasteiger partial charge in [0, 0.05) is 44.5 Å². The molecule has 0 unspecified atom stereocenters. The number of pyridine rings is 1. The topological polar surface area (TPSA) is 78.0 Å². The van der Waals surface area contributed by atoms with Gasteiger partial charge in [0.25, 0.3) is 0 Å². The number of anilines is 1. The van der Waals surface area contributed by atoms with Crippen LogP contribution in [0.4, 0.5) is 19.0 Å². The van der Waals surface area contributed by atoms with Crippen molar-refractivity contribution in [2.45, 2.75) is 25.9 Å². The van der Waals surface area contributed by atoms with Crippen LogP contribution in [0.3, 0.4) is 0 Å². The predicted octanol–water partition coefficient (Wildman–Crippen LogP) is 4.63. The fraction of sp³-hybridized carbons (Fsp3) is 0.308. The molecule has 0 radical (unpaired) electrons. The number of aromatic nitrogens is 4. The van der Waals surface area contributed by atoms with Crippen molar-refractivity contribution in [2.24, 2.45) is 0 Å². The molecule has 4 heterocycles. The van der Waals surface area contributed by atoms with Crippen LogP contribution >= 0.6 is 0 Å². The summed E-state index contributed by atoms with van der Waals surface area (Å²) in [5.41, 5.74) is 3.68. The molecule has 4 aromatic rings. The second-order valence-electron chi connectivity index (χ2n) is 8.93. The molecule has 1 fully saturated rings. The molecule has 1 amide bonds. The molecule has 1 aromatic carbocycles. The minimum atomic E-state index is -4.47. The Morgan fingerprint density at radius 1 is 1.00 bits per heavy atom. The Hall–Kier alpha value is -3.95. The lowest BCUT2D eigenvalue weighted by molar-refractivity contribution is -0.141. The zero-order valence-electron chi connectivity index (χ0n) is 19.7. The van der Waals surface area contributed by atoms with Crippen molar-refractivity contribution in [1.82, 2.24) is 24.8 Å². The molecular weight excluding hydrogens is 469 g/mol. The van der Waals surface area contributed by atoms with E-state index < -0.39 is 11.9 Å². The van der Waals surface area contributed by atoms with Gasteiger partial charge in [-0.05, 0) is 36.6 Å². The highest BCUT2D eigenvalue weighted by molar-refractivity contribution is 5.92. The fourth-order valence-electron chi connectivity index (χ4n) is 4.38. The number of carbonyl (C=O) groups excluding carboxylic acids is 1. The number of hydrogen-bond donors (Lipinski definition) is 1. The molecule has 1 aliphatic rings. The smallest absolute Gasteiger partial charge is 0.352 e. The summed E-state index contributed by atoms with van der Waals surface area (Å²) in [6, 6.07) is 12.7. The van der Waals surface area contributed by atoms with Crippen LogP contribution < -0.4 is 4.90 Å². The number of amides is 1. The molecular formula is C26H25F3N6O. The van der Waals surface area contributed by atoms with Crippen LogP contribution in [0.25, 0.3) is 22.3 Å². The highest BCUT2D eigenvalue weighted by atomic mass is 19.4. The van der Waals surface area contributed by atoms with Gasteiger partial charge in [-0.15, -0.1) is 0 Å². The van der Waals surface area contributed by atoms with Gasteiger partial charge in [0.15, 0.2) is 0 Å². The number of aryl methyl sites for hydroxylation is 2. The van der Waals surface area contributed by atoms with Crippen LogP contribution in [0.5, 0.6) is 0 Å². The molecule has 1 N–H and O–H groups in total. The average molecular weight is 495 g/mol. The second-order valence-corrected chi connectivity index (χ2v) is 8.93. The van der Waals surface area contributed by atoms with Crippen molar-refractivity contribution >= 4 is 22.8 Å². The van der Waals surface area contributed by atoms with Gasteiger partial charge in [0.2, 0.25) is 5.91 Å². The van der Waals surface area contributed by atoms with Gasteiger partial charge in [0.05, 0.1) is 5.39 Å². The highest BCUT2D eigenvalue weighted by Crippen LogP contribution is 2.30. The van der Waals surface area contributed by atoms with E-state index in [9.17, 15) is 18.0 Å². The van der Waals surface area contributed by atoms with E-state index in [-0.39, 0.29) is 12.3 Å². The molecule has 0 atom stereocenters. The lowest BCUT2D eigenvalue weighted by Crippen LogP contribution is -2.49. The van der Waals surface area contributed by atoms with E-state index in [1.807, 2.05) is 0 Å². The van der Waals surface area contributed by atoms with Crippen molar-refractivity contribution < 1.29 is 18.0 Å². The first-order chi connectivity index (χ1) is 17.3. The lowest BCUT2D eigenvalue weighted by atomic mass is 10.1. The maximum absolute atomic E-state index is 12.7. The summed E-state index contributed by atoms with van der Waals surface area (Å²) in [6.07, 6.45) is -1.16. The second kappa shape index (κ2) is 9.60. The number of H-pyrrole nitrogens is 1. The summed E-state index contributed by atoms with van der Waals surface area (Å²) < 4.78 is 38.0. The molecule has 0 bridgehead atoms. The van der Waals surface area contributed by atoms with Crippen molar-refractivity contribution in [3.63, 3.8) is 0 Å². The van der Waals surface area contributed by atoms with E-state index in [4.69, 9.17) is 0 Å². The maximum Gasteiger partial charge on any atom is 0.433 e. The summed E-state index contributed by atoms with van der Waals surface area (Å²) in [5.74, 6) is 0.809. The molecule has 7 nitrogen and oxygen atoms in total. The fourth-order valence-corrected chi connectivity index (χ4v) is 4.38. The summed E-state index contributed by atoms with van der Waals surface area (Å²) in [6.45, 7) is 4.40. The third-order valence-electron chi connectivity index (χ3n) is 6.44. The Morgan fingerprint density at radius 3 is 2.42 bits per heavy atom. The molecule has 0 saturated carbocycles. The first-order valence-corrected chi connectivity index (χ1v) is 11.7. The maximum atomic E-state index is 12.7. The third-order valence-corrected chi connectivity index (χ3v) is 6.44. The number of benzene rings is 1. The summed E-state index contributed by atoms with van der Waals surface area (Å²) >= 11 is 0. The van der Waals surface area contributed by atoms with Crippen LogP contribution in [-0.2, 0) is 17.4 Å². The lowest BCUT2D eigenvalue weighted by Gasteiger charge is -2.35. The van der Waals surface area contributed by atoms with E-state index in [0.29, 0.717) is 38.2 Å². The van der Waals surface area contributed by atoms with Crippen LogP contribution in [0.15, 0.2) is 55.0 Å². The number of halogens is 3. The van der Waals surface area contributed by atoms with Crippen molar-refractivity contribution in [3.8, 4) is 11.3 Å². The van der Waals surface area contributed by atoms with Crippen LogP contribution in [0.1, 0.15) is 23.2 Å². The number of fused-ring (bicyclic) bond motifs is 1. The molecule has 36 heavy (non-hydrogen) atoms. The van der Waals surface area contributed by atoms with E-state index in [2.05, 4.69) is 62.1 Å². The van der Waals surface area contributed by atoms with Gasteiger partial charge in [-0.3, -0.25) is 9.78 Å². The van der Waals surface area contributed by atoms with Crippen LogP contribution in [0.2, 0.25) is 0 Å². The average Bonchev–Trinajstić information content (AvgIpc) is 3.32. The first-order valence-electron chi connectivity index (χ1n) is 11.7. The van der Waals surface area contributed by atoms with Gasteiger partial charge < -0.3 is 14.8 Å². The van der Waals surface area contributed by atoms with Gasteiger partial charge in [-0.2, -0.15) is 13.2 Å². The molecule has 186 valence electrons. The summed E-state index contributed by atoms with van der Waals surface area (Å²) in [4.78, 5) is 32.4. The van der Waals surface area contributed by atoms with Crippen LogP contribution in [-0.4, -0.2) is 56.9 Å². The van der Waals surface area contributed by atoms with Crippen molar-refractivity contribution in [2.75, 3.05) is 31.1 Å². The molecule has 0 aliphatic carbocycles. The zero-order valence-corrected chi connectivity index (χ0v) is 19.7. The number of nitrogens with zero attached hydrogens (tertiary/aromatic N) is 5. The predicted molar refractivity (Wildman–Crippen MR) is 130 cm³/mol. The third kappa shape index (κ3) is 5.02. The Morgan fingerprint density at radius 2 is 1.75 bits per heavy atom. The van der Waals surface area contributed by atoms with Crippen LogP contribution in [0, 0.1) is 6.92 Å². The van der Waals surface area contributed by atoms with Crippen molar-refractivity contribution in [3.05, 3.63) is 71.8 Å². The molecule has 3 aromatic heterocycles. The Balaban J connectivity index is 1.21. The number of aromatic amines is 1. The minimum Gasteiger partial charge on any atom is -0.352 e.